The largest absolute Gasteiger partial charge is 0.352 e. The lowest BCUT2D eigenvalue weighted by atomic mass is 10.1. The smallest absolute Gasteiger partial charge is 0.191 e. The van der Waals surface area contributed by atoms with Gasteiger partial charge >= 0.3 is 0 Å². The molecule has 4 nitrogen and oxygen atoms in total. The number of benzene rings is 2. The molecule has 0 radical (unpaired) electrons. The van der Waals surface area contributed by atoms with Crippen molar-refractivity contribution in [1.82, 2.24) is 15.6 Å². The molecule has 0 amide bonds. The quantitative estimate of drug-likeness (QED) is 0.361. The lowest BCUT2D eigenvalue weighted by Crippen LogP contribution is -2.36. The normalized spacial score (nSPS) is 11.0. The molecule has 0 atom stereocenters. The van der Waals surface area contributed by atoms with Gasteiger partial charge in [0.15, 0.2) is 5.96 Å². The zero-order valence-corrected chi connectivity index (χ0v) is 16.2. The highest BCUT2D eigenvalue weighted by molar-refractivity contribution is 14.0. The van der Waals surface area contributed by atoms with E-state index >= 15 is 0 Å². The maximum Gasteiger partial charge on any atom is 0.191 e. The van der Waals surface area contributed by atoms with Gasteiger partial charge in [0.2, 0.25) is 0 Å². The van der Waals surface area contributed by atoms with Gasteiger partial charge < -0.3 is 10.6 Å². The molecule has 0 unspecified atom stereocenters. The zero-order valence-electron chi connectivity index (χ0n) is 13.9. The molecule has 0 aliphatic heterocycles. The van der Waals surface area contributed by atoms with Crippen molar-refractivity contribution in [3.63, 3.8) is 0 Å². The molecule has 0 fully saturated rings. The third-order valence-electron chi connectivity index (χ3n) is 3.78. The minimum atomic E-state index is -0.231. The van der Waals surface area contributed by atoms with Gasteiger partial charge in [-0.25, -0.2) is 4.39 Å². The fourth-order valence-corrected chi connectivity index (χ4v) is 2.50. The molecule has 0 bridgehead atoms. The molecule has 1 heterocycles. The van der Waals surface area contributed by atoms with Gasteiger partial charge in [0, 0.05) is 31.7 Å². The lowest BCUT2D eigenvalue weighted by Gasteiger charge is -2.13. The molecule has 0 aliphatic carbocycles. The number of hydrogen-bond acceptors (Lipinski definition) is 2. The highest BCUT2D eigenvalue weighted by atomic mass is 127. The summed E-state index contributed by atoms with van der Waals surface area (Å²) in [5.41, 5.74) is 3.13. The Labute approximate surface area is 163 Å². The Kier molecular flexibility index (Phi) is 7.12. The van der Waals surface area contributed by atoms with Crippen LogP contribution >= 0.6 is 24.0 Å². The van der Waals surface area contributed by atoms with Gasteiger partial charge in [-0.3, -0.25) is 9.98 Å². The van der Waals surface area contributed by atoms with Crippen LogP contribution in [0.1, 0.15) is 11.1 Å². The number of aliphatic imine (C=N–C) groups is 1. The topological polar surface area (TPSA) is 49.3 Å². The van der Waals surface area contributed by atoms with Crippen LogP contribution in [0.5, 0.6) is 0 Å². The first-order valence-corrected chi connectivity index (χ1v) is 7.78. The average Bonchev–Trinajstić information content (AvgIpc) is 2.63. The summed E-state index contributed by atoms with van der Waals surface area (Å²) in [6, 6.07) is 16.5. The summed E-state index contributed by atoms with van der Waals surface area (Å²) in [7, 11) is 1.73. The van der Waals surface area contributed by atoms with E-state index in [2.05, 4.69) is 26.7 Å². The average molecular weight is 450 g/mol. The van der Waals surface area contributed by atoms with E-state index in [4.69, 9.17) is 0 Å². The molecular weight excluding hydrogens is 430 g/mol. The second-order valence-electron chi connectivity index (χ2n) is 5.39. The van der Waals surface area contributed by atoms with E-state index in [1.54, 1.807) is 19.2 Å². The summed E-state index contributed by atoms with van der Waals surface area (Å²) in [4.78, 5) is 8.59. The Hall–Kier alpha value is -2.22. The number of nitrogens with one attached hydrogen (secondary N) is 2. The monoisotopic (exact) mass is 450 g/mol. The van der Waals surface area contributed by atoms with Crippen LogP contribution < -0.4 is 10.6 Å². The van der Waals surface area contributed by atoms with Crippen LogP contribution in [0.3, 0.4) is 0 Å². The number of guanidine groups is 1. The van der Waals surface area contributed by atoms with Crippen LogP contribution in [-0.4, -0.2) is 18.0 Å². The molecule has 3 rings (SSSR count). The molecular formula is C19H20FIN4. The van der Waals surface area contributed by atoms with E-state index in [0.717, 1.165) is 22.0 Å². The summed E-state index contributed by atoms with van der Waals surface area (Å²) in [6.45, 7) is 1.23. The molecule has 2 aromatic carbocycles. The Morgan fingerprint density at radius 1 is 1.00 bits per heavy atom. The van der Waals surface area contributed by atoms with E-state index in [-0.39, 0.29) is 29.8 Å². The predicted molar refractivity (Wildman–Crippen MR) is 111 cm³/mol. The molecule has 6 heteroatoms. The number of hydrogen-bond donors (Lipinski definition) is 2. The van der Waals surface area contributed by atoms with Gasteiger partial charge in [-0.05, 0) is 35.4 Å². The Morgan fingerprint density at radius 2 is 1.72 bits per heavy atom. The maximum absolute atomic E-state index is 12.9. The van der Waals surface area contributed by atoms with Gasteiger partial charge in [-0.1, -0.05) is 30.3 Å². The van der Waals surface area contributed by atoms with Crippen LogP contribution in [0.15, 0.2) is 65.8 Å². The molecule has 130 valence electrons. The summed E-state index contributed by atoms with van der Waals surface area (Å²) in [6.07, 6.45) is 1.81. The zero-order chi connectivity index (χ0) is 16.8. The molecule has 3 aromatic rings. The fraction of sp³-hybridized carbons (Fsp3) is 0.158. The van der Waals surface area contributed by atoms with Gasteiger partial charge in [0.25, 0.3) is 0 Å². The number of aromatic nitrogens is 1. The van der Waals surface area contributed by atoms with Gasteiger partial charge in [0.1, 0.15) is 5.82 Å². The lowest BCUT2D eigenvalue weighted by molar-refractivity contribution is 0.626. The third kappa shape index (κ3) is 5.12. The molecule has 1 aromatic heterocycles. The van der Waals surface area contributed by atoms with Crippen molar-refractivity contribution in [1.29, 1.82) is 0 Å². The van der Waals surface area contributed by atoms with Crippen molar-refractivity contribution in [2.45, 2.75) is 13.1 Å². The van der Waals surface area contributed by atoms with E-state index in [9.17, 15) is 4.39 Å². The summed E-state index contributed by atoms with van der Waals surface area (Å²) in [5, 5.41) is 7.65. The standard InChI is InChI=1S/C19H19FN4.HI/c1-21-19(23-12-14-6-8-16(20)9-7-14)24-13-15-10-11-22-18-5-3-2-4-17(15)18;/h2-11H,12-13H2,1H3,(H2,21,23,24);1H. The van der Waals surface area contributed by atoms with Crippen LogP contribution in [0, 0.1) is 5.82 Å². The number of halogens is 2. The van der Waals surface area contributed by atoms with E-state index < -0.39 is 0 Å². The minimum Gasteiger partial charge on any atom is -0.352 e. The van der Waals surface area contributed by atoms with E-state index in [0.29, 0.717) is 19.0 Å². The van der Waals surface area contributed by atoms with Crippen LogP contribution in [0.25, 0.3) is 10.9 Å². The van der Waals surface area contributed by atoms with Crippen molar-refractivity contribution in [2.24, 2.45) is 4.99 Å². The highest BCUT2D eigenvalue weighted by Crippen LogP contribution is 2.15. The molecule has 0 saturated heterocycles. The predicted octanol–water partition coefficient (Wildman–Crippen LogP) is 3.86. The molecule has 0 spiro atoms. The summed E-state index contributed by atoms with van der Waals surface area (Å²) < 4.78 is 12.9. The highest BCUT2D eigenvalue weighted by Gasteiger charge is 2.03. The number of rotatable bonds is 4. The van der Waals surface area contributed by atoms with Crippen molar-refractivity contribution >= 4 is 40.8 Å². The van der Waals surface area contributed by atoms with Gasteiger partial charge in [-0.2, -0.15) is 0 Å². The molecule has 0 saturated carbocycles. The number of para-hydroxylation sites is 1. The van der Waals surface area contributed by atoms with Crippen LogP contribution in [-0.2, 0) is 13.1 Å². The third-order valence-corrected chi connectivity index (χ3v) is 3.78. The van der Waals surface area contributed by atoms with Gasteiger partial charge in [0.05, 0.1) is 5.52 Å². The maximum atomic E-state index is 12.9. The first-order chi connectivity index (χ1) is 11.8. The van der Waals surface area contributed by atoms with Crippen molar-refractivity contribution in [2.75, 3.05) is 7.05 Å². The summed E-state index contributed by atoms with van der Waals surface area (Å²) in [5.74, 6) is 0.464. The number of fused-ring (bicyclic) bond motifs is 1. The Balaban J connectivity index is 0.00000225. The molecule has 2 N–H and O–H groups in total. The number of pyridine rings is 1. The SMILES string of the molecule is CN=C(NCc1ccc(F)cc1)NCc1ccnc2ccccc12.I. The van der Waals surface area contributed by atoms with Crippen LogP contribution in [0.4, 0.5) is 4.39 Å². The number of nitrogens with zero attached hydrogens (tertiary/aromatic N) is 2. The molecule has 0 aliphatic rings. The van der Waals surface area contributed by atoms with Crippen molar-refractivity contribution < 1.29 is 4.39 Å². The first-order valence-electron chi connectivity index (χ1n) is 7.78. The van der Waals surface area contributed by atoms with E-state index in [1.165, 1.54) is 12.1 Å². The van der Waals surface area contributed by atoms with Gasteiger partial charge in [-0.15, -0.1) is 24.0 Å². The van der Waals surface area contributed by atoms with E-state index in [1.807, 2.05) is 30.5 Å². The molecule has 25 heavy (non-hydrogen) atoms. The Morgan fingerprint density at radius 3 is 2.48 bits per heavy atom. The van der Waals surface area contributed by atoms with Crippen molar-refractivity contribution in [3.8, 4) is 0 Å². The first kappa shape index (κ1) is 19.1. The Bertz CT molecular complexity index is 844. The second kappa shape index (κ2) is 9.31. The summed E-state index contributed by atoms with van der Waals surface area (Å²) >= 11 is 0. The fourth-order valence-electron chi connectivity index (χ4n) is 2.50. The van der Waals surface area contributed by atoms with Crippen molar-refractivity contribution in [3.05, 3.63) is 77.7 Å². The minimum absolute atomic E-state index is 0. The van der Waals surface area contributed by atoms with Crippen LogP contribution in [0.2, 0.25) is 0 Å². The second-order valence-corrected chi connectivity index (χ2v) is 5.39.